The minimum absolute atomic E-state index is 0.0119. The first-order valence-corrected chi connectivity index (χ1v) is 9.21. The molecular weight excluding hydrogens is 358 g/mol. The number of rotatable bonds is 7. The summed E-state index contributed by atoms with van der Waals surface area (Å²) in [6.07, 6.45) is 0.652. The summed E-state index contributed by atoms with van der Waals surface area (Å²) >= 11 is 0. The van der Waals surface area contributed by atoms with Crippen LogP contribution >= 0.6 is 0 Å². The molecule has 2 aromatic carbocycles. The maximum atomic E-state index is 12.8. The van der Waals surface area contributed by atoms with Gasteiger partial charge in [-0.05, 0) is 62.7 Å². The lowest BCUT2D eigenvalue weighted by molar-refractivity contribution is 0.0923. The van der Waals surface area contributed by atoms with Gasteiger partial charge < -0.3 is 15.8 Å². The van der Waals surface area contributed by atoms with Gasteiger partial charge in [-0.1, -0.05) is 0 Å². The van der Waals surface area contributed by atoms with Crippen molar-refractivity contribution < 1.29 is 19.1 Å². The van der Waals surface area contributed by atoms with Crippen molar-refractivity contribution in [3.05, 3.63) is 59.2 Å². The predicted octanol–water partition coefficient (Wildman–Crippen LogP) is 2.35. The van der Waals surface area contributed by atoms with E-state index in [4.69, 9.17) is 10.5 Å². The highest BCUT2D eigenvalue weighted by atomic mass is 16.5. The number of nitrogens with two attached hydrogens (primary N) is 1. The van der Waals surface area contributed by atoms with Gasteiger partial charge >= 0.3 is 0 Å². The first kappa shape index (κ1) is 19.6. The summed E-state index contributed by atoms with van der Waals surface area (Å²) in [4.78, 5) is 38.9. The van der Waals surface area contributed by atoms with Gasteiger partial charge in [0.25, 0.3) is 17.7 Å². The van der Waals surface area contributed by atoms with Crippen molar-refractivity contribution in [2.24, 2.45) is 5.73 Å². The fourth-order valence-corrected chi connectivity index (χ4v) is 2.99. The number of anilines is 1. The lowest BCUT2D eigenvalue weighted by Gasteiger charge is -2.14. The number of nitrogens with one attached hydrogen (secondary N) is 1. The highest BCUT2D eigenvalue weighted by molar-refractivity contribution is 6.34. The Morgan fingerprint density at radius 1 is 1.11 bits per heavy atom. The standard InChI is InChI=1S/C21H23N3O4/c1-3-28-16-7-5-15(6-8-16)24-20(26)17-9-4-14(12-18(17)21(24)27)19(25)23-11-10-13(2)22/h4-9,12-13H,3,10-11,22H2,1-2H3,(H,23,25). The predicted molar refractivity (Wildman–Crippen MR) is 106 cm³/mol. The molecule has 1 aliphatic rings. The summed E-state index contributed by atoms with van der Waals surface area (Å²) in [5.41, 5.74) is 6.97. The van der Waals surface area contributed by atoms with E-state index in [-0.39, 0.29) is 23.1 Å². The summed E-state index contributed by atoms with van der Waals surface area (Å²) in [5.74, 6) is -0.501. The molecule has 1 heterocycles. The molecule has 3 N–H and O–H groups in total. The summed E-state index contributed by atoms with van der Waals surface area (Å²) < 4.78 is 5.39. The molecular formula is C21H23N3O4. The second-order valence-corrected chi connectivity index (χ2v) is 6.65. The van der Waals surface area contributed by atoms with Crippen molar-refractivity contribution in [1.29, 1.82) is 0 Å². The van der Waals surface area contributed by atoms with Crippen molar-refractivity contribution >= 4 is 23.4 Å². The number of ether oxygens (including phenoxy) is 1. The molecule has 7 nitrogen and oxygen atoms in total. The second kappa shape index (κ2) is 8.22. The summed E-state index contributed by atoms with van der Waals surface area (Å²) in [7, 11) is 0. The Labute approximate surface area is 163 Å². The first-order chi connectivity index (χ1) is 13.4. The van der Waals surface area contributed by atoms with Crippen molar-refractivity contribution in [2.45, 2.75) is 26.3 Å². The van der Waals surface area contributed by atoms with Gasteiger partial charge in [0, 0.05) is 18.2 Å². The monoisotopic (exact) mass is 381 g/mol. The van der Waals surface area contributed by atoms with E-state index in [0.717, 1.165) is 4.90 Å². The summed E-state index contributed by atoms with van der Waals surface area (Å²) in [5, 5.41) is 2.77. The number of amides is 3. The Morgan fingerprint density at radius 2 is 1.79 bits per heavy atom. The number of nitrogens with zero attached hydrogens (tertiary/aromatic N) is 1. The molecule has 3 amide bonds. The van der Waals surface area contributed by atoms with Crippen molar-refractivity contribution in [3.8, 4) is 5.75 Å². The normalized spacial score (nSPS) is 14.0. The Morgan fingerprint density at radius 3 is 2.43 bits per heavy atom. The Bertz CT molecular complexity index is 906. The number of benzene rings is 2. The van der Waals surface area contributed by atoms with E-state index in [2.05, 4.69) is 5.32 Å². The summed E-state index contributed by atoms with van der Waals surface area (Å²) in [6.45, 7) is 4.71. The fraction of sp³-hybridized carbons (Fsp3) is 0.286. The van der Waals surface area contributed by atoms with Crippen LogP contribution < -0.4 is 20.7 Å². The lowest BCUT2D eigenvalue weighted by Crippen LogP contribution is -2.29. The molecule has 146 valence electrons. The minimum Gasteiger partial charge on any atom is -0.494 e. The highest BCUT2D eigenvalue weighted by Crippen LogP contribution is 2.30. The summed E-state index contributed by atoms with van der Waals surface area (Å²) in [6, 6.07) is 11.3. The molecule has 0 fully saturated rings. The topological polar surface area (TPSA) is 102 Å². The maximum Gasteiger partial charge on any atom is 0.266 e. The Balaban J connectivity index is 1.80. The van der Waals surface area contributed by atoms with Crippen LogP contribution in [0.15, 0.2) is 42.5 Å². The van der Waals surface area contributed by atoms with E-state index in [9.17, 15) is 14.4 Å². The van der Waals surface area contributed by atoms with Crippen LogP contribution in [0.4, 0.5) is 5.69 Å². The zero-order chi connectivity index (χ0) is 20.3. The van der Waals surface area contributed by atoms with E-state index >= 15 is 0 Å². The van der Waals surface area contributed by atoms with Crippen molar-refractivity contribution in [2.75, 3.05) is 18.1 Å². The maximum absolute atomic E-state index is 12.8. The van der Waals surface area contributed by atoms with Crippen LogP contribution in [-0.4, -0.2) is 36.9 Å². The molecule has 3 rings (SSSR count). The van der Waals surface area contributed by atoms with E-state index < -0.39 is 11.8 Å². The molecule has 28 heavy (non-hydrogen) atoms. The van der Waals surface area contributed by atoms with Crippen LogP contribution in [0.5, 0.6) is 5.75 Å². The molecule has 0 radical (unpaired) electrons. The third-order valence-corrected chi connectivity index (χ3v) is 4.44. The second-order valence-electron chi connectivity index (χ2n) is 6.65. The van der Waals surface area contributed by atoms with Crippen LogP contribution in [0.1, 0.15) is 51.3 Å². The average molecular weight is 381 g/mol. The molecule has 1 atom stereocenters. The van der Waals surface area contributed by atoms with Gasteiger partial charge in [-0.15, -0.1) is 0 Å². The van der Waals surface area contributed by atoms with Gasteiger partial charge in [0.1, 0.15) is 5.75 Å². The number of carbonyl (C=O) groups excluding carboxylic acids is 3. The van der Waals surface area contributed by atoms with E-state index in [0.29, 0.717) is 36.6 Å². The van der Waals surface area contributed by atoms with Crippen molar-refractivity contribution in [3.63, 3.8) is 0 Å². The number of carbonyl (C=O) groups is 3. The number of fused-ring (bicyclic) bond motifs is 1. The Kier molecular flexibility index (Phi) is 5.75. The number of hydrogen-bond donors (Lipinski definition) is 2. The molecule has 0 spiro atoms. The molecule has 2 aromatic rings. The van der Waals surface area contributed by atoms with E-state index in [1.165, 1.54) is 12.1 Å². The van der Waals surface area contributed by atoms with Crippen LogP contribution in [-0.2, 0) is 0 Å². The molecule has 0 saturated heterocycles. The van der Waals surface area contributed by atoms with Crippen LogP contribution in [0.25, 0.3) is 0 Å². The SMILES string of the molecule is CCOc1ccc(N2C(=O)c3ccc(C(=O)NCCC(C)N)cc3C2=O)cc1. The largest absolute Gasteiger partial charge is 0.494 e. The smallest absolute Gasteiger partial charge is 0.266 e. The molecule has 0 aliphatic carbocycles. The van der Waals surface area contributed by atoms with Crippen LogP contribution in [0.3, 0.4) is 0 Å². The zero-order valence-electron chi connectivity index (χ0n) is 15.9. The number of imide groups is 1. The zero-order valence-corrected chi connectivity index (χ0v) is 15.9. The quantitative estimate of drug-likeness (QED) is 0.717. The highest BCUT2D eigenvalue weighted by Gasteiger charge is 2.37. The molecule has 1 aliphatic heterocycles. The lowest BCUT2D eigenvalue weighted by atomic mass is 10.1. The van der Waals surface area contributed by atoms with Gasteiger partial charge in [-0.2, -0.15) is 0 Å². The average Bonchev–Trinajstić information content (AvgIpc) is 2.92. The van der Waals surface area contributed by atoms with Crippen molar-refractivity contribution in [1.82, 2.24) is 5.32 Å². The van der Waals surface area contributed by atoms with Gasteiger partial charge in [-0.25, -0.2) is 4.90 Å². The van der Waals surface area contributed by atoms with Gasteiger partial charge in [0.2, 0.25) is 0 Å². The molecule has 0 aromatic heterocycles. The van der Waals surface area contributed by atoms with Crippen LogP contribution in [0, 0.1) is 0 Å². The first-order valence-electron chi connectivity index (χ1n) is 9.21. The minimum atomic E-state index is -0.450. The fourth-order valence-electron chi connectivity index (χ4n) is 2.99. The molecule has 1 unspecified atom stereocenters. The third-order valence-electron chi connectivity index (χ3n) is 4.44. The van der Waals surface area contributed by atoms with Crippen LogP contribution in [0.2, 0.25) is 0 Å². The number of hydrogen-bond acceptors (Lipinski definition) is 5. The van der Waals surface area contributed by atoms with Gasteiger partial charge in [0.05, 0.1) is 23.4 Å². The molecule has 7 heteroatoms. The van der Waals surface area contributed by atoms with Gasteiger partial charge in [-0.3, -0.25) is 14.4 Å². The molecule has 0 bridgehead atoms. The van der Waals surface area contributed by atoms with E-state index in [1.807, 2.05) is 13.8 Å². The Hall–Kier alpha value is -3.19. The van der Waals surface area contributed by atoms with E-state index in [1.54, 1.807) is 30.3 Å². The van der Waals surface area contributed by atoms with Gasteiger partial charge in [0.15, 0.2) is 0 Å². The molecule has 0 saturated carbocycles. The third kappa shape index (κ3) is 3.89.